The Morgan fingerprint density at radius 3 is 2.26 bits per heavy atom. The van der Waals surface area contributed by atoms with Gasteiger partial charge in [-0.1, -0.05) is 60.7 Å². The van der Waals surface area contributed by atoms with Crippen LogP contribution in [-0.4, -0.2) is 22.8 Å². The number of fused-ring (bicyclic) bond motifs is 6. The van der Waals surface area contributed by atoms with Crippen LogP contribution in [0.15, 0.2) is 109 Å². The fourth-order valence-electron chi connectivity index (χ4n) is 6.04. The Kier molecular flexibility index (Phi) is 5.39. The minimum Gasteiger partial charge on any atom is -0.342 e. The van der Waals surface area contributed by atoms with Gasteiger partial charge >= 0.3 is 0 Å². The van der Waals surface area contributed by atoms with Crippen LogP contribution in [0.4, 0.5) is 0 Å². The van der Waals surface area contributed by atoms with E-state index in [-0.39, 0.29) is 0 Å². The van der Waals surface area contributed by atoms with Crippen molar-refractivity contribution >= 4 is 21.8 Å². The summed E-state index contributed by atoms with van der Waals surface area (Å²) in [6.07, 6.45) is 1.84. The summed E-state index contributed by atoms with van der Waals surface area (Å²) in [5.74, 6) is -0.930. The average Bonchev–Trinajstić information content (AvgIpc) is 3.43. The standard InChI is InChI=1S/C34H28N2O2/c1-3-37-34(38-4-2)29-16-7-5-14-25(29)27-21-28-26-15-6-8-18-32(26)36(33(28)22-30(27)34)24-13-11-12-23(20-24)31-17-9-10-19-35-31/h5-22H,3-4H2,1-2H3. The SMILES string of the molecule is CCOC1(OCC)c2ccccc2-c2cc3c4ccccc4n(-c4cccc(-c5ccccn5)c4)c3cc21. The lowest BCUT2D eigenvalue weighted by molar-refractivity contribution is -0.210. The molecule has 2 heterocycles. The van der Waals surface area contributed by atoms with Gasteiger partial charge in [0.05, 0.1) is 16.7 Å². The molecule has 1 aliphatic rings. The molecule has 0 unspecified atom stereocenters. The van der Waals surface area contributed by atoms with E-state index in [0.717, 1.165) is 39.1 Å². The molecular formula is C34H28N2O2. The number of nitrogens with zero attached hydrogens (tertiary/aromatic N) is 2. The maximum atomic E-state index is 6.49. The van der Waals surface area contributed by atoms with Crippen molar-refractivity contribution in [1.82, 2.24) is 9.55 Å². The first-order chi connectivity index (χ1) is 18.7. The Labute approximate surface area is 222 Å². The van der Waals surface area contributed by atoms with Gasteiger partial charge in [-0.3, -0.25) is 4.98 Å². The predicted molar refractivity (Wildman–Crippen MR) is 153 cm³/mol. The lowest BCUT2D eigenvalue weighted by Gasteiger charge is -2.31. The van der Waals surface area contributed by atoms with Crippen LogP contribution in [0.1, 0.15) is 25.0 Å². The van der Waals surface area contributed by atoms with Crippen LogP contribution in [0.5, 0.6) is 0 Å². The van der Waals surface area contributed by atoms with E-state index >= 15 is 0 Å². The molecule has 2 aromatic heterocycles. The van der Waals surface area contributed by atoms with E-state index in [1.165, 1.54) is 21.9 Å². The monoisotopic (exact) mass is 496 g/mol. The third kappa shape index (κ3) is 3.27. The number of aromatic nitrogens is 2. The third-order valence-corrected chi connectivity index (χ3v) is 7.50. The summed E-state index contributed by atoms with van der Waals surface area (Å²) in [4.78, 5) is 4.58. The van der Waals surface area contributed by atoms with Crippen LogP contribution < -0.4 is 0 Å². The normalized spacial score (nSPS) is 13.6. The highest BCUT2D eigenvalue weighted by Gasteiger charge is 2.45. The van der Waals surface area contributed by atoms with Crippen LogP contribution in [0, 0.1) is 0 Å². The smallest absolute Gasteiger partial charge is 0.223 e. The Morgan fingerprint density at radius 2 is 1.45 bits per heavy atom. The van der Waals surface area contributed by atoms with E-state index in [2.05, 4.69) is 94.5 Å². The van der Waals surface area contributed by atoms with E-state index in [4.69, 9.17) is 9.47 Å². The van der Waals surface area contributed by atoms with Crippen LogP contribution in [0.3, 0.4) is 0 Å². The largest absolute Gasteiger partial charge is 0.342 e. The predicted octanol–water partition coefficient (Wildman–Crippen LogP) is 8.10. The second kappa shape index (κ2) is 8.95. The summed E-state index contributed by atoms with van der Waals surface area (Å²) in [6.45, 7) is 5.14. The van der Waals surface area contributed by atoms with Gasteiger partial charge < -0.3 is 14.0 Å². The van der Waals surface area contributed by atoms with Gasteiger partial charge in [0, 0.05) is 52.6 Å². The molecule has 4 aromatic carbocycles. The number of hydrogen-bond donors (Lipinski definition) is 0. The second-order valence-electron chi connectivity index (χ2n) is 9.56. The maximum absolute atomic E-state index is 6.49. The molecule has 38 heavy (non-hydrogen) atoms. The minimum absolute atomic E-state index is 0.543. The van der Waals surface area contributed by atoms with Crippen molar-refractivity contribution in [3.05, 3.63) is 120 Å². The Hall–Kier alpha value is -4.25. The molecule has 4 heteroatoms. The van der Waals surface area contributed by atoms with Crippen LogP contribution >= 0.6 is 0 Å². The van der Waals surface area contributed by atoms with Gasteiger partial charge in [-0.2, -0.15) is 0 Å². The zero-order valence-corrected chi connectivity index (χ0v) is 21.5. The summed E-state index contributed by atoms with van der Waals surface area (Å²) in [6, 6.07) is 36.3. The molecule has 0 spiro atoms. The molecule has 0 saturated heterocycles. The first-order valence-corrected chi connectivity index (χ1v) is 13.2. The molecule has 0 N–H and O–H groups in total. The minimum atomic E-state index is -0.930. The Bertz CT molecular complexity index is 1800. The summed E-state index contributed by atoms with van der Waals surface area (Å²) in [5.41, 5.74) is 9.88. The average molecular weight is 497 g/mol. The Morgan fingerprint density at radius 1 is 0.658 bits per heavy atom. The molecule has 0 saturated carbocycles. The van der Waals surface area contributed by atoms with Gasteiger partial charge in [-0.25, -0.2) is 0 Å². The number of rotatable bonds is 6. The number of ether oxygens (including phenoxy) is 2. The van der Waals surface area contributed by atoms with E-state index in [9.17, 15) is 0 Å². The fourth-order valence-corrected chi connectivity index (χ4v) is 6.04. The molecule has 7 rings (SSSR count). The molecule has 0 aliphatic heterocycles. The number of para-hydroxylation sites is 1. The van der Waals surface area contributed by atoms with Crippen molar-refractivity contribution in [2.45, 2.75) is 19.6 Å². The molecule has 1 aliphatic carbocycles. The number of benzene rings is 4. The van der Waals surface area contributed by atoms with Gasteiger partial charge in [0.2, 0.25) is 5.79 Å². The lowest BCUT2D eigenvalue weighted by Crippen LogP contribution is -2.32. The van der Waals surface area contributed by atoms with Crippen molar-refractivity contribution < 1.29 is 9.47 Å². The molecule has 0 fully saturated rings. The van der Waals surface area contributed by atoms with Crippen molar-refractivity contribution in [1.29, 1.82) is 0 Å². The lowest BCUT2D eigenvalue weighted by atomic mass is 10.0. The van der Waals surface area contributed by atoms with Crippen molar-refractivity contribution in [2.24, 2.45) is 0 Å². The highest BCUT2D eigenvalue weighted by molar-refractivity contribution is 6.11. The summed E-state index contributed by atoms with van der Waals surface area (Å²) in [5, 5.41) is 2.43. The molecule has 4 nitrogen and oxygen atoms in total. The highest BCUT2D eigenvalue weighted by Crippen LogP contribution is 2.52. The van der Waals surface area contributed by atoms with Crippen LogP contribution in [0.2, 0.25) is 0 Å². The van der Waals surface area contributed by atoms with E-state index in [1.807, 2.05) is 38.2 Å². The summed E-state index contributed by atoms with van der Waals surface area (Å²) < 4.78 is 15.3. The van der Waals surface area contributed by atoms with Gasteiger partial charge in [0.15, 0.2) is 0 Å². The third-order valence-electron chi connectivity index (χ3n) is 7.50. The number of pyridine rings is 1. The van der Waals surface area contributed by atoms with Gasteiger partial charge in [-0.15, -0.1) is 0 Å². The topological polar surface area (TPSA) is 36.3 Å². The van der Waals surface area contributed by atoms with Crippen molar-refractivity contribution in [2.75, 3.05) is 13.2 Å². The van der Waals surface area contributed by atoms with E-state index < -0.39 is 5.79 Å². The second-order valence-corrected chi connectivity index (χ2v) is 9.56. The van der Waals surface area contributed by atoms with Gasteiger partial charge in [0.1, 0.15) is 0 Å². The zero-order valence-electron chi connectivity index (χ0n) is 21.5. The molecule has 0 radical (unpaired) electrons. The molecule has 0 atom stereocenters. The first-order valence-electron chi connectivity index (χ1n) is 13.2. The van der Waals surface area contributed by atoms with Gasteiger partial charge in [0.25, 0.3) is 0 Å². The zero-order chi connectivity index (χ0) is 25.7. The molecule has 186 valence electrons. The first kappa shape index (κ1) is 22.9. The van der Waals surface area contributed by atoms with E-state index in [1.54, 1.807) is 0 Å². The van der Waals surface area contributed by atoms with Crippen LogP contribution in [-0.2, 0) is 15.3 Å². The van der Waals surface area contributed by atoms with Crippen LogP contribution in [0.25, 0.3) is 49.9 Å². The van der Waals surface area contributed by atoms with E-state index in [0.29, 0.717) is 13.2 Å². The summed E-state index contributed by atoms with van der Waals surface area (Å²) in [7, 11) is 0. The molecule has 0 amide bonds. The maximum Gasteiger partial charge on any atom is 0.223 e. The number of hydrogen-bond acceptors (Lipinski definition) is 3. The molecular weight excluding hydrogens is 468 g/mol. The molecule has 0 bridgehead atoms. The molecule has 6 aromatic rings. The Balaban J connectivity index is 1.55. The summed E-state index contributed by atoms with van der Waals surface area (Å²) >= 11 is 0. The van der Waals surface area contributed by atoms with Crippen molar-refractivity contribution in [3.8, 4) is 28.1 Å². The fraction of sp³-hybridized carbons (Fsp3) is 0.147. The van der Waals surface area contributed by atoms with Crippen molar-refractivity contribution in [3.63, 3.8) is 0 Å². The highest BCUT2D eigenvalue weighted by atomic mass is 16.7. The van der Waals surface area contributed by atoms with Gasteiger partial charge in [-0.05, 0) is 67.4 Å². The quantitative estimate of drug-likeness (QED) is 0.219.